The molecule has 2 aromatic heterocycles. The molecule has 3 rings (SSSR count). The number of aromatic nitrogens is 4. The van der Waals surface area contributed by atoms with Gasteiger partial charge < -0.3 is 8.98 Å². The van der Waals surface area contributed by atoms with Crippen LogP contribution in [0.15, 0.2) is 47.4 Å². The molecular formula is C12H9FN4O. The van der Waals surface area contributed by atoms with Gasteiger partial charge in [-0.25, -0.2) is 9.37 Å². The highest BCUT2D eigenvalue weighted by atomic mass is 19.1. The van der Waals surface area contributed by atoms with Crippen LogP contribution < -0.4 is 0 Å². The third-order valence-electron chi connectivity index (χ3n) is 2.42. The molecule has 0 saturated carbocycles. The van der Waals surface area contributed by atoms with Crippen LogP contribution in [0.1, 0.15) is 5.89 Å². The summed E-state index contributed by atoms with van der Waals surface area (Å²) in [6.45, 7) is 0.447. The molecule has 3 aromatic rings. The predicted octanol–water partition coefficient (Wildman–Crippen LogP) is 2.12. The summed E-state index contributed by atoms with van der Waals surface area (Å²) >= 11 is 0. The molecule has 18 heavy (non-hydrogen) atoms. The first-order valence-electron chi connectivity index (χ1n) is 5.35. The van der Waals surface area contributed by atoms with Crippen molar-refractivity contribution in [2.24, 2.45) is 0 Å². The molecule has 1 aromatic carbocycles. The minimum Gasteiger partial charge on any atom is -0.419 e. The summed E-state index contributed by atoms with van der Waals surface area (Å²) in [5, 5.41) is 7.80. The van der Waals surface area contributed by atoms with Gasteiger partial charge in [-0.05, 0) is 18.2 Å². The average molecular weight is 244 g/mol. The highest BCUT2D eigenvalue weighted by molar-refractivity contribution is 5.52. The van der Waals surface area contributed by atoms with Crippen LogP contribution in [0, 0.1) is 5.82 Å². The molecule has 0 fully saturated rings. The van der Waals surface area contributed by atoms with E-state index in [-0.39, 0.29) is 5.82 Å². The number of imidazole rings is 1. The number of hydrogen-bond donors (Lipinski definition) is 0. The Morgan fingerprint density at radius 2 is 2.22 bits per heavy atom. The third-order valence-corrected chi connectivity index (χ3v) is 2.42. The maximum atomic E-state index is 13.1. The fourth-order valence-corrected chi connectivity index (χ4v) is 1.59. The molecule has 0 spiro atoms. The first kappa shape index (κ1) is 10.6. The van der Waals surface area contributed by atoms with Crippen molar-refractivity contribution in [2.75, 3.05) is 0 Å². The second-order valence-electron chi connectivity index (χ2n) is 3.75. The first-order chi connectivity index (χ1) is 8.81. The smallest absolute Gasteiger partial charge is 0.247 e. The Labute approximate surface area is 102 Å². The SMILES string of the molecule is Fc1cccc(-c2nnc(Cn3ccnc3)o2)c1. The Balaban J connectivity index is 1.85. The van der Waals surface area contributed by atoms with E-state index < -0.39 is 0 Å². The lowest BCUT2D eigenvalue weighted by Gasteiger charge is -1.96. The number of nitrogens with zero attached hydrogens (tertiary/aromatic N) is 4. The van der Waals surface area contributed by atoms with E-state index in [1.165, 1.54) is 12.1 Å². The summed E-state index contributed by atoms with van der Waals surface area (Å²) < 4.78 is 20.3. The van der Waals surface area contributed by atoms with E-state index in [2.05, 4.69) is 15.2 Å². The quantitative estimate of drug-likeness (QED) is 0.708. The Morgan fingerprint density at radius 1 is 1.28 bits per heavy atom. The Hall–Kier alpha value is -2.50. The molecular weight excluding hydrogens is 235 g/mol. The third kappa shape index (κ3) is 2.13. The van der Waals surface area contributed by atoms with E-state index in [0.717, 1.165) is 0 Å². The van der Waals surface area contributed by atoms with Crippen molar-refractivity contribution in [1.82, 2.24) is 19.7 Å². The van der Waals surface area contributed by atoms with E-state index in [0.29, 0.717) is 23.9 Å². The normalized spacial score (nSPS) is 10.7. The standard InChI is InChI=1S/C12H9FN4O/c13-10-3-1-2-9(6-10)12-16-15-11(18-12)7-17-5-4-14-8-17/h1-6,8H,7H2. The zero-order valence-corrected chi connectivity index (χ0v) is 9.32. The van der Waals surface area contributed by atoms with Crippen molar-refractivity contribution in [3.63, 3.8) is 0 Å². The minimum atomic E-state index is -0.332. The van der Waals surface area contributed by atoms with E-state index in [4.69, 9.17) is 4.42 Å². The summed E-state index contributed by atoms with van der Waals surface area (Å²) in [7, 11) is 0. The van der Waals surface area contributed by atoms with Crippen molar-refractivity contribution in [1.29, 1.82) is 0 Å². The maximum absolute atomic E-state index is 13.1. The summed E-state index contributed by atoms with van der Waals surface area (Å²) in [5.41, 5.74) is 0.569. The van der Waals surface area contributed by atoms with Crippen LogP contribution in [0.25, 0.3) is 11.5 Å². The molecule has 0 radical (unpaired) electrons. The number of hydrogen-bond acceptors (Lipinski definition) is 4. The highest BCUT2D eigenvalue weighted by Crippen LogP contribution is 2.18. The number of halogens is 1. The fourth-order valence-electron chi connectivity index (χ4n) is 1.59. The molecule has 6 heteroatoms. The van der Waals surface area contributed by atoms with Crippen LogP contribution in [-0.4, -0.2) is 19.7 Å². The minimum absolute atomic E-state index is 0.310. The van der Waals surface area contributed by atoms with Crippen molar-refractivity contribution in [3.8, 4) is 11.5 Å². The largest absolute Gasteiger partial charge is 0.419 e. The van der Waals surface area contributed by atoms with Crippen molar-refractivity contribution >= 4 is 0 Å². The van der Waals surface area contributed by atoms with Gasteiger partial charge in [0.15, 0.2) is 0 Å². The molecule has 0 aliphatic carbocycles. The fraction of sp³-hybridized carbons (Fsp3) is 0.0833. The molecule has 0 bridgehead atoms. The van der Waals surface area contributed by atoms with Gasteiger partial charge in [0.1, 0.15) is 12.4 Å². The van der Waals surface area contributed by atoms with E-state index in [1.54, 1.807) is 30.9 Å². The Kier molecular flexibility index (Phi) is 2.60. The van der Waals surface area contributed by atoms with Crippen LogP contribution in [0.3, 0.4) is 0 Å². The number of benzene rings is 1. The van der Waals surface area contributed by atoms with Gasteiger partial charge in [-0.2, -0.15) is 0 Å². The van der Waals surface area contributed by atoms with Gasteiger partial charge >= 0.3 is 0 Å². The lowest BCUT2D eigenvalue weighted by molar-refractivity contribution is 0.488. The molecule has 5 nitrogen and oxygen atoms in total. The van der Waals surface area contributed by atoms with Crippen LogP contribution in [0.5, 0.6) is 0 Å². The topological polar surface area (TPSA) is 56.7 Å². The van der Waals surface area contributed by atoms with Gasteiger partial charge in [-0.3, -0.25) is 0 Å². The Bertz CT molecular complexity index is 648. The summed E-state index contributed by atoms with van der Waals surface area (Å²) in [6.07, 6.45) is 5.13. The van der Waals surface area contributed by atoms with E-state index in [9.17, 15) is 4.39 Å². The Morgan fingerprint density at radius 3 is 3.00 bits per heavy atom. The second-order valence-corrected chi connectivity index (χ2v) is 3.75. The molecule has 0 atom stereocenters. The monoisotopic (exact) mass is 244 g/mol. The lowest BCUT2D eigenvalue weighted by Crippen LogP contribution is -1.96. The van der Waals surface area contributed by atoms with Crippen molar-refractivity contribution in [3.05, 3.63) is 54.7 Å². The maximum Gasteiger partial charge on any atom is 0.247 e. The molecule has 0 amide bonds. The van der Waals surface area contributed by atoms with Crippen LogP contribution in [0.4, 0.5) is 4.39 Å². The van der Waals surface area contributed by atoms with Gasteiger partial charge in [-0.1, -0.05) is 6.07 Å². The van der Waals surface area contributed by atoms with E-state index >= 15 is 0 Å². The van der Waals surface area contributed by atoms with Gasteiger partial charge in [0.25, 0.3) is 0 Å². The molecule has 0 N–H and O–H groups in total. The van der Waals surface area contributed by atoms with Crippen LogP contribution in [0.2, 0.25) is 0 Å². The molecule has 2 heterocycles. The predicted molar refractivity (Wildman–Crippen MR) is 61.0 cm³/mol. The molecule has 0 unspecified atom stereocenters. The number of rotatable bonds is 3. The average Bonchev–Trinajstić information content (AvgIpc) is 3.01. The van der Waals surface area contributed by atoms with Crippen molar-refractivity contribution in [2.45, 2.75) is 6.54 Å². The van der Waals surface area contributed by atoms with E-state index in [1.807, 2.05) is 4.57 Å². The van der Waals surface area contributed by atoms with Gasteiger partial charge in [0.05, 0.1) is 6.33 Å². The molecule has 0 aliphatic rings. The highest BCUT2D eigenvalue weighted by Gasteiger charge is 2.09. The lowest BCUT2D eigenvalue weighted by atomic mass is 10.2. The zero-order valence-electron chi connectivity index (χ0n) is 9.32. The summed E-state index contributed by atoms with van der Waals surface area (Å²) in [6, 6.07) is 6.04. The van der Waals surface area contributed by atoms with Crippen molar-refractivity contribution < 1.29 is 8.81 Å². The van der Waals surface area contributed by atoms with Gasteiger partial charge in [0, 0.05) is 18.0 Å². The molecule has 0 aliphatic heterocycles. The van der Waals surface area contributed by atoms with Gasteiger partial charge in [0.2, 0.25) is 11.8 Å². The van der Waals surface area contributed by atoms with Gasteiger partial charge in [-0.15, -0.1) is 10.2 Å². The zero-order chi connectivity index (χ0) is 12.4. The second kappa shape index (κ2) is 4.40. The van der Waals surface area contributed by atoms with Crippen LogP contribution in [-0.2, 0) is 6.54 Å². The summed E-state index contributed by atoms with van der Waals surface area (Å²) in [5.74, 6) is 0.429. The molecule has 90 valence electrons. The molecule has 0 saturated heterocycles. The first-order valence-corrected chi connectivity index (χ1v) is 5.35. The van der Waals surface area contributed by atoms with Crippen LogP contribution >= 0.6 is 0 Å². The summed E-state index contributed by atoms with van der Waals surface area (Å²) in [4.78, 5) is 3.92.